The van der Waals surface area contributed by atoms with Crippen molar-refractivity contribution in [2.45, 2.75) is 11.3 Å². The number of nitrogens with one attached hydrogen (secondary N) is 1. The fourth-order valence-corrected chi connectivity index (χ4v) is 1.77. The van der Waals surface area contributed by atoms with Crippen molar-refractivity contribution in [3.8, 4) is 0 Å². The molecule has 1 amide bonds. The van der Waals surface area contributed by atoms with E-state index in [-0.39, 0.29) is 6.54 Å². The van der Waals surface area contributed by atoms with E-state index in [9.17, 15) is 18.0 Å². The molecule has 1 aromatic rings. The molecule has 0 unspecified atom stereocenters. The maximum absolute atomic E-state index is 11.7. The van der Waals surface area contributed by atoms with E-state index in [0.717, 1.165) is 5.16 Å². The summed E-state index contributed by atoms with van der Waals surface area (Å²) in [6.45, 7) is -1.38. The highest BCUT2D eigenvalue weighted by Crippen LogP contribution is 2.14. The Morgan fingerprint density at radius 3 is 2.89 bits per heavy atom. The van der Waals surface area contributed by atoms with E-state index in [1.54, 1.807) is 17.0 Å². The number of rotatable bonds is 5. The number of hydrogen-bond donors (Lipinski definition) is 1. The van der Waals surface area contributed by atoms with Crippen molar-refractivity contribution in [3.63, 3.8) is 0 Å². The molecule has 18 heavy (non-hydrogen) atoms. The number of hydrogen-bond acceptors (Lipinski definition) is 4. The van der Waals surface area contributed by atoms with Gasteiger partial charge in [-0.1, -0.05) is 11.8 Å². The van der Waals surface area contributed by atoms with Crippen LogP contribution >= 0.6 is 11.8 Å². The molecular weight excluding hydrogens is 271 g/mol. The van der Waals surface area contributed by atoms with Gasteiger partial charge in [-0.2, -0.15) is 13.2 Å². The number of ether oxygens (including phenoxy) is 1. The van der Waals surface area contributed by atoms with Crippen LogP contribution in [0.1, 0.15) is 0 Å². The SMILES string of the molecule is Cn1ccnc1SCCNC(=O)OCC(F)(F)F. The van der Waals surface area contributed by atoms with Gasteiger partial charge < -0.3 is 14.6 Å². The lowest BCUT2D eigenvalue weighted by molar-refractivity contribution is -0.160. The Kier molecular flexibility index (Phi) is 5.32. The summed E-state index contributed by atoms with van der Waals surface area (Å²) < 4.78 is 40.9. The van der Waals surface area contributed by atoms with Gasteiger partial charge >= 0.3 is 12.3 Å². The summed E-state index contributed by atoms with van der Waals surface area (Å²) in [4.78, 5) is 14.9. The minimum Gasteiger partial charge on any atom is -0.440 e. The molecule has 1 N–H and O–H groups in total. The van der Waals surface area contributed by atoms with Crippen LogP contribution in [0, 0.1) is 0 Å². The zero-order chi connectivity index (χ0) is 13.6. The number of alkyl carbamates (subject to hydrolysis) is 1. The molecule has 1 heterocycles. The van der Waals surface area contributed by atoms with E-state index in [1.165, 1.54) is 11.8 Å². The second-order valence-corrected chi connectivity index (χ2v) is 4.35. The van der Waals surface area contributed by atoms with Crippen LogP contribution in [0.3, 0.4) is 0 Å². The van der Waals surface area contributed by atoms with Gasteiger partial charge in [0.05, 0.1) is 0 Å². The Hall–Kier alpha value is -1.38. The number of carbonyl (C=O) groups is 1. The fraction of sp³-hybridized carbons (Fsp3) is 0.556. The predicted octanol–water partition coefficient (Wildman–Crippen LogP) is 1.80. The molecule has 1 aromatic heterocycles. The number of aromatic nitrogens is 2. The lowest BCUT2D eigenvalue weighted by Crippen LogP contribution is -2.30. The summed E-state index contributed by atoms with van der Waals surface area (Å²) in [7, 11) is 1.82. The van der Waals surface area contributed by atoms with Crippen molar-refractivity contribution >= 4 is 17.9 Å². The minimum absolute atomic E-state index is 0.203. The molecule has 0 saturated heterocycles. The minimum atomic E-state index is -4.50. The normalized spacial score (nSPS) is 11.3. The largest absolute Gasteiger partial charge is 0.440 e. The van der Waals surface area contributed by atoms with E-state index in [1.807, 2.05) is 7.05 Å². The maximum atomic E-state index is 11.7. The second kappa shape index (κ2) is 6.53. The second-order valence-electron chi connectivity index (χ2n) is 3.29. The molecule has 0 aliphatic rings. The monoisotopic (exact) mass is 283 g/mol. The quantitative estimate of drug-likeness (QED) is 0.661. The summed E-state index contributed by atoms with van der Waals surface area (Å²) in [6.07, 6.45) is -2.17. The van der Waals surface area contributed by atoms with E-state index in [2.05, 4.69) is 15.0 Å². The Labute approximate surface area is 106 Å². The molecule has 0 aliphatic heterocycles. The average molecular weight is 283 g/mol. The van der Waals surface area contributed by atoms with Gasteiger partial charge in [-0.15, -0.1) is 0 Å². The van der Waals surface area contributed by atoms with Crippen LogP contribution in [0.15, 0.2) is 17.6 Å². The highest BCUT2D eigenvalue weighted by molar-refractivity contribution is 7.99. The molecule has 9 heteroatoms. The third kappa shape index (κ3) is 5.80. The smallest absolute Gasteiger partial charge is 0.422 e. The molecule has 5 nitrogen and oxygen atoms in total. The molecule has 0 atom stereocenters. The van der Waals surface area contributed by atoms with Crippen molar-refractivity contribution in [3.05, 3.63) is 12.4 Å². The molecule has 102 valence electrons. The van der Waals surface area contributed by atoms with Gasteiger partial charge in [0.2, 0.25) is 0 Å². The van der Waals surface area contributed by atoms with Crippen molar-refractivity contribution in [1.82, 2.24) is 14.9 Å². The van der Waals surface area contributed by atoms with Gasteiger partial charge in [0.15, 0.2) is 11.8 Å². The Morgan fingerprint density at radius 1 is 1.61 bits per heavy atom. The lowest BCUT2D eigenvalue weighted by atomic mass is 10.7. The van der Waals surface area contributed by atoms with Gasteiger partial charge in [0.1, 0.15) is 0 Å². The van der Waals surface area contributed by atoms with Crippen LogP contribution < -0.4 is 5.32 Å². The van der Waals surface area contributed by atoms with Crippen LogP contribution in [0.25, 0.3) is 0 Å². The van der Waals surface area contributed by atoms with Crippen molar-refractivity contribution < 1.29 is 22.7 Å². The van der Waals surface area contributed by atoms with Gasteiger partial charge in [-0.3, -0.25) is 0 Å². The molecule has 0 bridgehead atoms. The van der Waals surface area contributed by atoms with Crippen LogP contribution in [0.2, 0.25) is 0 Å². The number of imidazole rings is 1. The number of nitrogens with zero attached hydrogens (tertiary/aromatic N) is 2. The number of carbonyl (C=O) groups excluding carboxylic acids is 1. The molecule has 0 aromatic carbocycles. The Bertz CT molecular complexity index is 395. The number of aryl methyl sites for hydroxylation is 1. The Balaban J connectivity index is 2.11. The van der Waals surface area contributed by atoms with Gasteiger partial charge in [0.25, 0.3) is 0 Å². The fourth-order valence-electron chi connectivity index (χ4n) is 0.985. The first-order valence-electron chi connectivity index (χ1n) is 4.96. The first kappa shape index (κ1) is 14.7. The highest BCUT2D eigenvalue weighted by Gasteiger charge is 2.29. The van der Waals surface area contributed by atoms with Crippen LogP contribution in [0.5, 0.6) is 0 Å². The summed E-state index contributed by atoms with van der Waals surface area (Å²) in [5.41, 5.74) is 0. The molecule has 0 radical (unpaired) electrons. The molecular formula is C9H12F3N3O2S. The number of thioether (sulfide) groups is 1. The lowest BCUT2D eigenvalue weighted by Gasteiger charge is -2.08. The van der Waals surface area contributed by atoms with Crippen LogP contribution in [0.4, 0.5) is 18.0 Å². The van der Waals surface area contributed by atoms with Crippen LogP contribution in [-0.4, -0.2) is 40.7 Å². The Morgan fingerprint density at radius 2 is 2.33 bits per heavy atom. The van der Waals surface area contributed by atoms with E-state index in [0.29, 0.717) is 5.75 Å². The predicted molar refractivity (Wildman–Crippen MR) is 59.3 cm³/mol. The maximum Gasteiger partial charge on any atom is 0.422 e. The summed E-state index contributed by atoms with van der Waals surface area (Å²) in [5.74, 6) is 0.492. The molecule has 0 aliphatic carbocycles. The standard InChI is InChI=1S/C9H12F3N3O2S/c1-15-4-2-13-7(15)18-5-3-14-8(16)17-6-9(10,11)12/h2,4H,3,5-6H2,1H3,(H,14,16). The highest BCUT2D eigenvalue weighted by atomic mass is 32.2. The van der Waals surface area contributed by atoms with Gasteiger partial charge in [0, 0.05) is 31.7 Å². The average Bonchev–Trinajstić information content (AvgIpc) is 2.67. The van der Waals surface area contributed by atoms with Crippen molar-refractivity contribution in [2.75, 3.05) is 18.9 Å². The van der Waals surface area contributed by atoms with Crippen molar-refractivity contribution in [2.24, 2.45) is 7.05 Å². The zero-order valence-electron chi connectivity index (χ0n) is 9.53. The summed E-state index contributed by atoms with van der Waals surface area (Å²) in [5, 5.41) is 2.98. The molecule has 0 fully saturated rings. The van der Waals surface area contributed by atoms with Crippen LogP contribution in [-0.2, 0) is 11.8 Å². The van der Waals surface area contributed by atoms with E-state index >= 15 is 0 Å². The third-order valence-electron chi connectivity index (χ3n) is 1.75. The van der Waals surface area contributed by atoms with Crippen molar-refractivity contribution in [1.29, 1.82) is 0 Å². The molecule has 1 rings (SSSR count). The zero-order valence-corrected chi connectivity index (χ0v) is 10.3. The first-order valence-corrected chi connectivity index (χ1v) is 5.94. The number of alkyl halides is 3. The van der Waals surface area contributed by atoms with E-state index in [4.69, 9.17) is 0 Å². The van der Waals surface area contributed by atoms with Gasteiger partial charge in [-0.25, -0.2) is 9.78 Å². The first-order chi connectivity index (χ1) is 8.38. The summed E-state index contributed by atoms with van der Waals surface area (Å²) in [6, 6.07) is 0. The van der Waals surface area contributed by atoms with E-state index < -0.39 is 18.9 Å². The number of halogens is 3. The third-order valence-corrected chi connectivity index (χ3v) is 2.81. The number of amides is 1. The molecule has 0 saturated carbocycles. The molecule has 0 spiro atoms. The van der Waals surface area contributed by atoms with Gasteiger partial charge in [-0.05, 0) is 0 Å². The topological polar surface area (TPSA) is 56.2 Å². The summed E-state index contributed by atoms with van der Waals surface area (Å²) >= 11 is 1.38.